The molecule has 0 spiro atoms. The minimum atomic E-state index is 0.257. The minimum Gasteiger partial charge on any atom is -0.334 e. The van der Waals surface area contributed by atoms with Gasteiger partial charge in [0, 0.05) is 37.9 Å². The molecule has 1 N–H and O–H groups in total. The summed E-state index contributed by atoms with van der Waals surface area (Å²) in [6.07, 6.45) is 6.24. The number of aryl methyl sites for hydroxylation is 1. The van der Waals surface area contributed by atoms with E-state index in [0.29, 0.717) is 6.04 Å². The summed E-state index contributed by atoms with van der Waals surface area (Å²) in [4.78, 5) is 4.43. The maximum atomic E-state index is 4.43. The van der Waals surface area contributed by atoms with Crippen LogP contribution >= 0.6 is 0 Å². The van der Waals surface area contributed by atoms with Crippen molar-refractivity contribution in [1.82, 2.24) is 14.9 Å². The quantitative estimate of drug-likeness (QED) is 0.790. The normalized spacial score (nSPS) is 12.4. The van der Waals surface area contributed by atoms with E-state index in [4.69, 9.17) is 0 Å². The third-order valence-electron chi connectivity index (χ3n) is 2.86. The minimum absolute atomic E-state index is 0.257. The third kappa shape index (κ3) is 4.90. The summed E-state index contributed by atoms with van der Waals surface area (Å²) in [5.74, 6) is 1.21. The van der Waals surface area contributed by atoms with E-state index in [1.54, 1.807) is 0 Å². The Morgan fingerprint density at radius 2 is 2.12 bits per heavy atom. The lowest BCUT2D eigenvalue weighted by Crippen LogP contribution is -2.36. The van der Waals surface area contributed by atoms with Gasteiger partial charge in [-0.2, -0.15) is 0 Å². The van der Waals surface area contributed by atoms with Gasteiger partial charge in [-0.3, -0.25) is 0 Å². The Hall–Kier alpha value is -0.830. The Labute approximate surface area is 106 Å². The fourth-order valence-electron chi connectivity index (χ4n) is 1.93. The molecular weight excluding hydrogens is 210 g/mol. The molecule has 0 aliphatic carbocycles. The van der Waals surface area contributed by atoms with Crippen molar-refractivity contribution < 1.29 is 0 Å². The van der Waals surface area contributed by atoms with Gasteiger partial charge in [0.2, 0.25) is 0 Å². The second-order valence-electron chi connectivity index (χ2n) is 5.92. The number of rotatable bonds is 7. The van der Waals surface area contributed by atoms with Crippen LogP contribution in [0.2, 0.25) is 0 Å². The monoisotopic (exact) mass is 237 g/mol. The van der Waals surface area contributed by atoms with Gasteiger partial charge in [0.1, 0.15) is 5.82 Å². The van der Waals surface area contributed by atoms with Crippen molar-refractivity contribution >= 4 is 0 Å². The fourth-order valence-corrected chi connectivity index (χ4v) is 1.93. The predicted octanol–water partition coefficient (Wildman–Crippen LogP) is 2.86. The molecule has 0 bridgehead atoms. The van der Waals surface area contributed by atoms with Crippen molar-refractivity contribution in [3.63, 3.8) is 0 Å². The molecule has 0 fully saturated rings. The lowest BCUT2D eigenvalue weighted by Gasteiger charge is -2.27. The highest BCUT2D eigenvalue weighted by atomic mass is 15.1. The standard InChI is InChI=1S/C14H27N3/c1-6-7-13-15-8-9-17(13)11-14(4,5)10-16-12(2)3/h8-9,12,16H,6-7,10-11H2,1-5H3. The lowest BCUT2D eigenvalue weighted by atomic mass is 9.93. The molecule has 3 nitrogen and oxygen atoms in total. The Morgan fingerprint density at radius 3 is 2.71 bits per heavy atom. The van der Waals surface area contributed by atoms with Gasteiger partial charge in [-0.15, -0.1) is 0 Å². The number of hydrogen-bond donors (Lipinski definition) is 1. The van der Waals surface area contributed by atoms with Crippen LogP contribution in [0.1, 0.15) is 46.9 Å². The SMILES string of the molecule is CCCc1nccn1CC(C)(C)CNC(C)C. The van der Waals surface area contributed by atoms with Crippen molar-refractivity contribution in [2.75, 3.05) is 6.54 Å². The molecule has 1 rings (SSSR count). The summed E-state index contributed by atoms with van der Waals surface area (Å²) in [7, 11) is 0. The Bertz CT molecular complexity index is 326. The average molecular weight is 237 g/mol. The maximum absolute atomic E-state index is 4.43. The van der Waals surface area contributed by atoms with E-state index in [-0.39, 0.29) is 5.41 Å². The molecule has 0 atom stereocenters. The van der Waals surface area contributed by atoms with Gasteiger partial charge in [0.05, 0.1) is 0 Å². The zero-order chi connectivity index (χ0) is 12.9. The van der Waals surface area contributed by atoms with E-state index in [9.17, 15) is 0 Å². The molecule has 0 aromatic carbocycles. The largest absolute Gasteiger partial charge is 0.334 e. The predicted molar refractivity (Wildman–Crippen MR) is 73.1 cm³/mol. The molecule has 0 saturated carbocycles. The molecule has 17 heavy (non-hydrogen) atoms. The molecule has 0 aliphatic rings. The smallest absolute Gasteiger partial charge is 0.108 e. The Morgan fingerprint density at radius 1 is 1.41 bits per heavy atom. The lowest BCUT2D eigenvalue weighted by molar-refractivity contribution is 0.277. The van der Waals surface area contributed by atoms with Crippen LogP contribution in [0.5, 0.6) is 0 Å². The number of aromatic nitrogens is 2. The summed E-state index contributed by atoms with van der Waals surface area (Å²) in [5.41, 5.74) is 0.257. The van der Waals surface area contributed by atoms with Gasteiger partial charge >= 0.3 is 0 Å². The van der Waals surface area contributed by atoms with E-state index in [1.165, 1.54) is 5.82 Å². The highest BCUT2D eigenvalue weighted by molar-refractivity contribution is 4.94. The van der Waals surface area contributed by atoms with Gasteiger partial charge < -0.3 is 9.88 Å². The van der Waals surface area contributed by atoms with Crippen molar-refractivity contribution in [3.8, 4) is 0 Å². The van der Waals surface area contributed by atoms with Crippen LogP contribution in [0.25, 0.3) is 0 Å². The maximum Gasteiger partial charge on any atom is 0.108 e. The topological polar surface area (TPSA) is 29.9 Å². The zero-order valence-electron chi connectivity index (χ0n) is 12.0. The second-order valence-corrected chi connectivity index (χ2v) is 5.92. The van der Waals surface area contributed by atoms with E-state index < -0.39 is 0 Å². The van der Waals surface area contributed by atoms with Crippen LogP contribution in [-0.4, -0.2) is 22.1 Å². The van der Waals surface area contributed by atoms with Gasteiger partial charge in [-0.1, -0.05) is 34.6 Å². The van der Waals surface area contributed by atoms with E-state index in [0.717, 1.165) is 25.9 Å². The van der Waals surface area contributed by atoms with Gasteiger partial charge in [-0.05, 0) is 11.8 Å². The highest BCUT2D eigenvalue weighted by Gasteiger charge is 2.19. The van der Waals surface area contributed by atoms with Crippen LogP contribution in [-0.2, 0) is 13.0 Å². The number of hydrogen-bond acceptors (Lipinski definition) is 2. The molecular formula is C14H27N3. The first-order chi connectivity index (χ1) is 7.94. The van der Waals surface area contributed by atoms with Crippen molar-refractivity contribution in [3.05, 3.63) is 18.2 Å². The number of imidazole rings is 1. The molecule has 0 saturated heterocycles. The van der Waals surface area contributed by atoms with Gasteiger partial charge in [-0.25, -0.2) is 4.98 Å². The summed E-state index contributed by atoms with van der Waals surface area (Å²) in [6.45, 7) is 13.3. The molecule has 0 amide bonds. The summed E-state index contributed by atoms with van der Waals surface area (Å²) >= 11 is 0. The molecule has 0 unspecified atom stereocenters. The Kier molecular flexibility index (Phi) is 5.19. The fraction of sp³-hybridized carbons (Fsp3) is 0.786. The van der Waals surface area contributed by atoms with Crippen LogP contribution in [0.15, 0.2) is 12.4 Å². The van der Waals surface area contributed by atoms with Gasteiger partial charge in [0.15, 0.2) is 0 Å². The molecule has 1 heterocycles. The molecule has 0 radical (unpaired) electrons. The van der Waals surface area contributed by atoms with Crippen LogP contribution in [0.4, 0.5) is 0 Å². The van der Waals surface area contributed by atoms with Crippen LogP contribution in [0, 0.1) is 5.41 Å². The van der Waals surface area contributed by atoms with E-state index in [1.807, 2.05) is 6.20 Å². The molecule has 3 heteroatoms. The van der Waals surface area contributed by atoms with Crippen LogP contribution < -0.4 is 5.32 Å². The zero-order valence-corrected chi connectivity index (χ0v) is 12.0. The number of nitrogens with one attached hydrogen (secondary N) is 1. The first-order valence-corrected chi connectivity index (χ1v) is 6.68. The molecule has 1 aromatic rings. The highest BCUT2D eigenvalue weighted by Crippen LogP contribution is 2.18. The van der Waals surface area contributed by atoms with Crippen molar-refractivity contribution in [2.24, 2.45) is 5.41 Å². The summed E-state index contributed by atoms with van der Waals surface area (Å²) in [5, 5.41) is 3.52. The average Bonchev–Trinajstić information content (AvgIpc) is 2.63. The summed E-state index contributed by atoms with van der Waals surface area (Å²) in [6, 6.07) is 0.548. The first kappa shape index (κ1) is 14.2. The van der Waals surface area contributed by atoms with Crippen molar-refractivity contribution in [2.45, 2.75) is 60.0 Å². The van der Waals surface area contributed by atoms with Gasteiger partial charge in [0.25, 0.3) is 0 Å². The van der Waals surface area contributed by atoms with E-state index >= 15 is 0 Å². The first-order valence-electron chi connectivity index (χ1n) is 6.68. The second kappa shape index (κ2) is 6.20. The summed E-state index contributed by atoms with van der Waals surface area (Å²) < 4.78 is 2.30. The Balaban J connectivity index is 2.58. The molecule has 98 valence electrons. The van der Waals surface area contributed by atoms with Crippen LogP contribution in [0.3, 0.4) is 0 Å². The molecule has 0 aliphatic heterocycles. The number of nitrogens with zero attached hydrogens (tertiary/aromatic N) is 2. The van der Waals surface area contributed by atoms with E-state index in [2.05, 4.69) is 55.7 Å². The third-order valence-corrected chi connectivity index (χ3v) is 2.86. The van der Waals surface area contributed by atoms with Crippen molar-refractivity contribution in [1.29, 1.82) is 0 Å². The molecule has 1 aromatic heterocycles.